The molecule has 2 aliphatic rings. The number of carbonyl (C=O) groups is 1. The number of piperazine rings is 1. The molecule has 2 saturated heterocycles. The van der Waals surface area contributed by atoms with Gasteiger partial charge in [0.1, 0.15) is 23.1 Å². The summed E-state index contributed by atoms with van der Waals surface area (Å²) in [5, 5.41) is 0. The number of nitrogens with zero attached hydrogens (tertiary/aromatic N) is 5. The molecule has 4 rings (SSSR count). The summed E-state index contributed by atoms with van der Waals surface area (Å²) >= 11 is 0. The number of hydrogen-bond acceptors (Lipinski definition) is 6. The smallest absolute Gasteiger partial charge is 0.272 e. The maximum absolute atomic E-state index is 12.7. The zero-order valence-corrected chi connectivity index (χ0v) is 16.6. The van der Waals surface area contributed by atoms with Crippen molar-refractivity contribution >= 4 is 17.4 Å². The van der Waals surface area contributed by atoms with Crippen LogP contribution >= 0.6 is 0 Å². The van der Waals surface area contributed by atoms with Gasteiger partial charge in [-0.25, -0.2) is 9.97 Å². The Labute approximate surface area is 165 Å². The minimum absolute atomic E-state index is 0.0288. The van der Waals surface area contributed by atoms with E-state index >= 15 is 0 Å². The maximum Gasteiger partial charge on any atom is 0.272 e. The van der Waals surface area contributed by atoms with Gasteiger partial charge in [-0.1, -0.05) is 0 Å². The lowest BCUT2D eigenvalue weighted by Gasteiger charge is -2.37. The Balaban J connectivity index is 1.44. The monoisotopic (exact) mass is 381 g/mol. The van der Waals surface area contributed by atoms with Crippen molar-refractivity contribution in [2.45, 2.75) is 19.8 Å². The molecule has 0 saturated carbocycles. The first kappa shape index (κ1) is 18.5. The molecule has 148 valence electrons. The van der Waals surface area contributed by atoms with Gasteiger partial charge in [-0.3, -0.25) is 4.79 Å². The van der Waals surface area contributed by atoms with E-state index < -0.39 is 0 Å². The SMILES string of the molecule is COc1ccc(N2CCN(c3cc(C(=O)N4CCCC4)nc(C)n3)CC2)cc1. The fraction of sp³-hybridized carbons (Fsp3) is 0.476. The van der Waals surface area contributed by atoms with E-state index in [9.17, 15) is 4.79 Å². The first-order chi connectivity index (χ1) is 13.6. The van der Waals surface area contributed by atoms with E-state index in [-0.39, 0.29) is 5.91 Å². The number of anilines is 2. The largest absolute Gasteiger partial charge is 0.497 e. The highest BCUT2D eigenvalue weighted by Crippen LogP contribution is 2.23. The van der Waals surface area contributed by atoms with Crippen molar-refractivity contribution in [1.29, 1.82) is 0 Å². The van der Waals surface area contributed by atoms with Crippen LogP contribution in [-0.4, -0.2) is 67.2 Å². The predicted molar refractivity (Wildman–Crippen MR) is 109 cm³/mol. The van der Waals surface area contributed by atoms with Crippen LogP contribution in [0.3, 0.4) is 0 Å². The van der Waals surface area contributed by atoms with Gasteiger partial charge >= 0.3 is 0 Å². The van der Waals surface area contributed by atoms with Crippen LogP contribution in [-0.2, 0) is 0 Å². The second-order valence-electron chi connectivity index (χ2n) is 7.33. The Morgan fingerprint density at radius 2 is 1.57 bits per heavy atom. The van der Waals surface area contributed by atoms with Crippen LogP contribution in [0, 0.1) is 6.92 Å². The molecule has 0 spiro atoms. The van der Waals surface area contributed by atoms with E-state index in [1.807, 2.05) is 30.0 Å². The van der Waals surface area contributed by atoms with Gasteiger partial charge in [0, 0.05) is 51.0 Å². The average Bonchev–Trinajstić information content (AvgIpc) is 3.28. The molecule has 1 aromatic carbocycles. The van der Waals surface area contributed by atoms with Gasteiger partial charge < -0.3 is 19.4 Å². The summed E-state index contributed by atoms with van der Waals surface area (Å²) in [6.07, 6.45) is 2.16. The van der Waals surface area contributed by atoms with Crippen molar-refractivity contribution in [3.63, 3.8) is 0 Å². The topological polar surface area (TPSA) is 61.8 Å². The van der Waals surface area contributed by atoms with Crippen LogP contribution in [0.4, 0.5) is 11.5 Å². The Bertz CT molecular complexity index is 825. The number of aromatic nitrogens is 2. The Kier molecular flexibility index (Phi) is 5.32. The average molecular weight is 381 g/mol. The number of amides is 1. The minimum Gasteiger partial charge on any atom is -0.497 e. The molecular weight excluding hydrogens is 354 g/mol. The Morgan fingerprint density at radius 3 is 2.21 bits per heavy atom. The van der Waals surface area contributed by atoms with Crippen molar-refractivity contribution in [2.75, 3.05) is 56.2 Å². The van der Waals surface area contributed by atoms with Crippen molar-refractivity contribution in [2.24, 2.45) is 0 Å². The molecular formula is C21H27N5O2. The predicted octanol–water partition coefficient (Wildman–Crippen LogP) is 2.36. The van der Waals surface area contributed by atoms with Crippen LogP contribution in [0.5, 0.6) is 5.75 Å². The van der Waals surface area contributed by atoms with Crippen LogP contribution in [0.15, 0.2) is 30.3 Å². The third-order valence-electron chi connectivity index (χ3n) is 5.48. The summed E-state index contributed by atoms with van der Waals surface area (Å²) in [6, 6.07) is 10.0. The van der Waals surface area contributed by atoms with Crippen molar-refractivity contribution in [3.05, 3.63) is 41.9 Å². The van der Waals surface area contributed by atoms with Crippen molar-refractivity contribution in [3.8, 4) is 5.75 Å². The first-order valence-corrected chi connectivity index (χ1v) is 9.93. The van der Waals surface area contributed by atoms with Crippen LogP contribution in [0.2, 0.25) is 0 Å². The number of likely N-dealkylation sites (tertiary alicyclic amines) is 1. The van der Waals surface area contributed by atoms with Gasteiger partial charge in [-0.05, 0) is 44.0 Å². The normalized spacial score (nSPS) is 17.1. The zero-order chi connectivity index (χ0) is 19.5. The number of ether oxygens (including phenoxy) is 1. The molecule has 0 bridgehead atoms. The summed E-state index contributed by atoms with van der Waals surface area (Å²) in [5.74, 6) is 2.40. The molecule has 0 unspecified atom stereocenters. The fourth-order valence-corrected chi connectivity index (χ4v) is 3.89. The number of rotatable bonds is 4. The highest BCUT2D eigenvalue weighted by Gasteiger charge is 2.24. The molecule has 0 N–H and O–H groups in total. The molecule has 2 aromatic rings. The van der Waals surface area contributed by atoms with Gasteiger partial charge in [0.25, 0.3) is 5.91 Å². The van der Waals surface area contributed by atoms with Gasteiger partial charge in [0.2, 0.25) is 0 Å². The lowest BCUT2D eigenvalue weighted by atomic mass is 10.2. The first-order valence-electron chi connectivity index (χ1n) is 9.93. The summed E-state index contributed by atoms with van der Waals surface area (Å²) in [7, 11) is 1.68. The maximum atomic E-state index is 12.7. The van der Waals surface area contributed by atoms with Gasteiger partial charge in [0.15, 0.2) is 0 Å². The lowest BCUT2D eigenvalue weighted by Crippen LogP contribution is -2.47. The van der Waals surface area contributed by atoms with Crippen LogP contribution < -0.4 is 14.5 Å². The third-order valence-corrected chi connectivity index (χ3v) is 5.48. The van der Waals surface area contributed by atoms with Crippen molar-refractivity contribution < 1.29 is 9.53 Å². The Hall–Kier alpha value is -2.83. The summed E-state index contributed by atoms with van der Waals surface area (Å²) in [5.41, 5.74) is 1.71. The number of aryl methyl sites for hydroxylation is 1. The quantitative estimate of drug-likeness (QED) is 0.810. The number of carbonyl (C=O) groups excluding carboxylic acids is 1. The molecule has 3 heterocycles. The van der Waals surface area contributed by atoms with E-state index in [0.29, 0.717) is 11.5 Å². The van der Waals surface area contributed by atoms with Gasteiger partial charge in [-0.15, -0.1) is 0 Å². The molecule has 7 heteroatoms. The molecule has 7 nitrogen and oxygen atoms in total. The number of benzene rings is 1. The minimum atomic E-state index is 0.0288. The van der Waals surface area contributed by atoms with Gasteiger partial charge in [-0.2, -0.15) is 0 Å². The molecule has 2 aliphatic heterocycles. The van der Waals surface area contributed by atoms with E-state index in [4.69, 9.17) is 4.74 Å². The molecule has 1 aromatic heterocycles. The standard InChI is InChI=1S/C21H27N5O2/c1-16-22-19(21(27)26-9-3-4-10-26)15-20(23-16)25-13-11-24(12-14-25)17-5-7-18(28-2)8-6-17/h5-8,15H,3-4,9-14H2,1-2H3. The van der Waals surface area contributed by atoms with E-state index in [1.165, 1.54) is 5.69 Å². The third kappa shape index (κ3) is 3.88. The molecule has 1 amide bonds. The summed E-state index contributed by atoms with van der Waals surface area (Å²) in [6.45, 7) is 7.06. The zero-order valence-electron chi connectivity index (χ0n) is 16.6. The highest BCUT2D eigenvalue weighted by atomic mass is 16.5. The van der Waals surface area contributed by atoms with Crippen molar-refractivity contribution in [1.82, 2.24) is 14.9 Å². The fourth-order valence-electron chi connectivity index (χ4n) is 3.89. The van der Waals surface area contributed by atoms with Crippen LogP contribution in [0.1, 0.15) is 29.2 Å². The molecule has 28 heavy (non-hydrogen) atoms. The highest BCUT2D eigenvalue weighted by molar-refractivity contribution is 5.93. The molecule has 0 radical (unpaired) electrons. The van der Waals surface area contributed by atoms with Gasteiger partial charge in [0.05, 0.1) is 7.11 Å². The molecule has 0 atom stereocenters. The summed E-state index contributed by atoms with van der Waals surface area (Å²) < 4.78 is 5.24. The Morgan fingerprint density at radius 1 is 0.929 bits per heavy atom. The number of methoxy groups -OCH3 is 1. The van der Waals surface area contributed by atoms with Crippen LogP contribution in [0.25, 0.3) is 0 Å². The second kappa shape index (κ2) is 8.04. The van der Waals surface area contributed by atoms with E-state index in [0.717, 1.165) is 63.7 Å². The molecule has 2 fully saturated rings. The molecule has 0 aliphatic carbocycles. The lowest BCUT2D eigenvalue weighted by molar-refractivity contribution is 0.0786. The second-order valence-corrected chi connectivity index (χ2v) is 7.33. The number of hydrogen-bond donors (Lipinski definition) is 0. The van der Waals surface area contributed by atoms with E-state index in [2.05, 4.69) is 31.9 Å². The summed E-state index contributed by atoms with van der Waals surface area (Å²) in [4.78, 5) is 28.2. The van der Waals surface area contributed by atoms with E-state index in [1.54, 1.807) is 7.11 Å².